The van der Waals surface area contributed by atoms with Crippen LogP contribution in [-0.2, 0) is 0 Å². The van der Waals surface area contributed by atoms with Crippen molar-refractivity contribution in [3.8, 4) is 59.7 Å². The molecule has 0 radical (unpaired) electrons. The smallest absolute Gasteiger partial charge is 0.261 e. The predicted octanol–water partition coefficient (Wildman–Crippen LogP) is 3.52. The lowest BCUT2D eigenvalue weighted by Crippen LogP contribution is -2.34. The number of hydrogen-bond acceptors (Lipinski definition) is 5. The molecule has 0 bridgehead atoms. The van der Waals surface area contributed by atoms with E-state index in [1.165, 1.54) is 4.90 Å². The maximum absolute atomic E-state index is 12.9. The van der Waals surface area contributed by atoms with E-state index in [0.717, 1.165) is 43.8 Å². The van der Waals surface area contributed by atoms with Gasteiger partial charge in [-0.25, -0.2) is 0 Å². The Morgan fingerprint density at radius 2 is 1.50 bits per heavy atom. The quantitative estimate of drug-likeness (QED) is 0.378. The number of hydrogen-bond donors (Lipinski definition) is 0. The molecule has 5 nitrogen and oxygen atoms in total. The number of aromatic nitrogens is 2. The number of nitrogens with zero attached hydrogens (tertiary/aromatic N) is 3. The average Bonchev–Trinajstić information content (AvgIpc) is 3.35. The van der Waals surface area contributed by atoms with Gasteiger partial charge < -0.3 is 0 Å². The molecule has 0 N–H and O–H groups in total. The molecule has 2 heterocycles. The number of unbranched alkanes of at least 4 members (excludes halogenated alkanes) is 3. The van der Waals surface area contributed by atoms with E-state index in [1.807, 2.05) is 0 Å². The van der Waals surface area contributed by atoms with E-state index >= 15 is 0 Å². The van der Waals surface area contributed by atoms with Crippen molar-refractivity contribution in [3.63, 3.8) is 0 Å². The fourth-order valence-electron chi connectivity index (χ4n) is 3.31. The molecule has 0 aliphatic carbocycles. The van der Waals surface area contributed by atoms with Gasteiger partial charge in [-0.1, -0.05) is 38.5 Å². The molecule has 6 heteroatoms. The van der Waals surface area contributed by atoms with E-state index in [2.05, 4.69) is 69.0 Å². The number of terminal acetylenes is 1. The Hall–Kier alpha value is -4.02. The standard InChI is InChI=1S/C26H19N3O2S/c1-3-5-7-9-10-11-12-14-16-20(15-13-8-6-4-2)19-29-25(30)21-17-23-24(28-32-27-23)18-22(21)26(29)31/h1,17-18,20H,4,6,8,13,15,19H2,2H3. The van der Waals surface area contributed by atoms with E-state index in [4.69, 9.17) is 6.42 Å². The molecule has 0 saturated heterocycles. The van der Waals surface area contributed by atoms with Gasteiger partial charge in [-0.15, -0.1) is 6.42 Å². The molecule has 3 rings (SSSR count). The molecule has 2 aromatic rings. The van der Waals surface area contributed by atoms with Crippen LogP contribution in [0.1, 0.15) is 59.7 Å². The molecule has 32 heavy (non-hydrogen) atoms. The summed E-state index contributed by atoms with van der Waals surface area (Å²) in [5.41, 5.74) is 1.99. The van der Waals surface area contributed by atoms with Gasteiger partial charge in [0.15, 0.2) is 0 Å². The fourth-order valence-corrected chi connectivity index (χ4v) is 3.82. The average molecular weight is 438 g/mol. The molecular formula is C26H19N3O2S. The van der Waals surface area contributed by atoms with Crippen LogP contribution < -0.4 is 0 Å². The Morgan fingerprint density at radius 1 is 0.906 bits per heavy atom. The lowest BCUT2D eigenvalue weighted by Gasteiger charge is -2.18. The Kier molecular flexibility index (Phi) is 8.07. The number of fused-ring (bicyclic) bond motifs is 2. The highest BCUT2D eigenvalue weighted by Gasteiger charge is 2.37. The normalized spacial score (nSPS) is 12.2. The van der Waals surface area contributed by atoms with Gasteiger partial charge in [0.05, 0.1) is 22.9 Å². The van der Waals surface area contributed by atoms with Crippen molar-refractivity contribution < 1.29 is 9.59 Å². The number of rotatable bonds is 7. The largest absolute Gasteiger partial charge is 0.273 e. The van der Waals surface area contributed by atoms with Crippen molar-refractivity contribution in [1.29, 1.82) is 0 Å². The van der Waals surface area contributed by atoms with E-state index in [9.17, 15) is 9.59 Å². The molecular weight excluding hydrogens is 418 g/mol. The monoisotopic (exact) mass is 437 g/mol. The molecule has 1 aromatic carbocycles. The maximum Gasteiger partial charge on any atom is 0.261 e. The number of benzene rings is 1. The van der Waals surface area contributed by atoms with Crippen molar-refractivity contribution in [1.82, 2.24) is 13.6 Å². The third kappa shape index (κ3) is 5.56. The molecule has 1 aliphatic heterocycles. The third-order valence-electron chi connectivity index (χ3n) is 4.88. The molecule has 1 aliphatic rings. The van der Waals surface area contributed by atoms with E-state index in [0.29, 0.717) is 22.2 Å². The summed E-state index contributed by atoms with van der Waals surface area (Å²) in [7, 11) is 0. The Morgan fingerprint density at radius 3 is 2.09 bits per heavy atom. The number of carbonyl (C=O) groups is 2. The molecule has 2 amide bonds. The Balaban J connectivity index is 1.75. The lowest BCUT2D eigenvalue weighted by molar-refractivity contribution is 0.0638. The van der Waals surface area contributed by atoms with Crippen LogP contribution in [0.5, 0.6) is 0 Å². The minimum atomic E-state index is -0.315. The van der Waals surface area contributed by atoms with Gasteiger partial charge in [0.25, 0.3) is 11.8 Å². The molecule has 156 valence electrons. The Bertz CT molecular complexity index is 1280. The zero-order chi connectivity index (χ0) is 22.8. The highest BCUT2D eigenvalue weighted by Crippen LogP contribution is 2.28. The van der Waals surface area contributed by atoms with Gasteiger partial charge in [0, 0.05) is 12.5 Å². The summed E-state index contributed by atoms with van der Waals surface area (Å²) < 4.78 is 8.33. The number of carbonyl (C=O) groups excluding carboxylic acids is 2. The second-order valence-electron chi connectivity index (χ2n) is 7.08. The van der Waals surface area contributed by atoms with Gasteiger partial charge in [-0.3, -0.25) is 14.5 Å². The van der Waals surface area contributed by atoms with Gasteiger partial charge in [-0.2, -0.15) is 8.75 Å². The molecule has 0 saturated carbocycles. The van der Waals surface area contributed by atoms with Gasteiger partial charge in [0.2, 0.25) is 0 Å². The van der Waals surface area contributed by atoms with Gasteiger partial charge >= 0.3 is 0 Å². The van der Waals surface area contributed by atoms with Gasteiger partial charge in [-0.05, 0) is 65.9 Å². The first-order chi connectivity index (χ1) is 15.7. The first kappa shape index (κ1) is 22.7. The summed E-state index contributed by atoms with van der Waals surface area (Å²) in [5.74, 6) is 22.4. The summed E-state index contributed by atoms with van der Waals surface area (Å²) in [6, 6.07) is 3.28. The summed E-state index contributed by atoms with van der Waals surface area (Å²) in [4.78, 5) is 27.1. The maximum atomic E-state index is 12.9. The number of imide groups is 1. The highest BCUT2D eigenvalue weighted by atomic mass is 32.1. The van der Waals surface area contributed by atoms with Crippen LogP contribution >= 0.6 is 11.7 Å². The predicted molar refractivity (Wildman–Crippen MR) is 125 cm³/mol. The van der Waals surface area contributed by atoms with Crippen LogP contribution in [0.25, 0.3) is 11.0 Å². The first-order valence-electron chi connectivity index (χ1n) is 10.2. The molecule has 0 fully saturated rings. The summed E-state index contributed by atoms with van der Waals surface area (Å²) >= 11 is 1.06. The summed E-state index contributed by atoms with van der Waals surface area (Å²) in [5, 5.41) is 0. The van der Waals surface area contributed by atoms with Crippen LogP contribution in [0.15, 0.2) is 12.1 Å². The van der Waals surface area contributed by atoms with Crippen molar-refractivity contribution >= 4 is 34.6 Å². The minimum absolute atomic E-state index is 0.172. The third-order valence-corrected chi connectivity index (χ3v) is 5.43. The molecule has 1 aromatic heterocycles. The van der Waals surface area contributed by atoms with Crippen molar-refractivity contribution in [3.05, 3.63) is 23.3 Å². The van der Waals surface area contributed by atoms with Crippen LogP contribution in [-0.4, -0.2) is 32.0 Å². The Labute approximate surface area is 192 Å². The SMILES string of the molecule is C#CC#CC#CC#CC#CC(CCCCCC)CN1C(=O)c2cc3nsnc3cc2C1=O. The fraction of sp³-hybridized carbons (Fsp3) is 0.308. The van der Waals surface area contributed by atoms with Crippen LogP contribution in [0, 0.1) is 65.6 Å². The first-order valence-corrected chi connectivity index (χ1v) is 11.0. The van der Waals surface area contributed by atoms with Crippen molar-refractivity contribution in [2.24, 2.45) is 5.92 Å². The van der Waals surface area contributed by atoms with Crippen LogP contribution in [0.2, 0.25) is 0 Å². The minimum Gasteiger partial charge on any atom is -0.273 e. The summed E-state index contributed by atoms with van der Waals surface area (Å²) in [6.07, 6.45) is 10.1. The zero-order valence-electron chi connectivity index (χ0n) is 17.6. The topological polar surface area (TPSA) is 63.2 Å². The summed E-state index contributed by atoms with van der Waals surface area (Å²) in [6.45, 7) is 2.37. The van der Waals surface area contributed by atoms with Crippen LogP contribution in [0.3, 0.4) is 0 Å². The number of amides is 2. The van der Waals surface area contributed by atoms with E-state index < -0.39 is 0 Å². The van der Waals surface area contributed by atoms with E-state index in [-0.39, 0.29) is 24.3 Å². The zero-order valence-corrected chi connectivity index (χ0v) is 18.4. The van der Waals surface area contributed by atoms with E-state index in [1.54, 1.807) is 12.1 Å². The van der Waals surface area contributed by atoms with Gasteiger partial charge in [0.1, 0.15) is 11.0 Å². The lowest BCUT2D eigenvalue weighted by atomic mass is 10.0. The second-order valence-corrected chi connectivity index (χ2v) is 7.61. The van der Waals surface area contributed by atoms with Crippen LogP contribution in [0.4, 0.5) is 0 Å². The van der Waals surface area contributed by atoms with Crippen molar-refractivity contribution in [2.75, 3.05) is 6.54 Å². The van der Waals surface area contributed by atoms with Crippen molar-refractivity contribution in [2.45, 2.75) is 39.0 Å². The second kappa shape index (κ2) is 11.4. The molecule has 1 atom stereocenters. The molecule has 0 spiro atoms. The molecule has 1 unspecified atom stereocenters. The highest BCUT2D eigenvalue weighted by molar-refractivity contribution is 7.00.